The number of fused-ring (bicyclic) bond motifs is 3. The second-order valence-electron chi connectivity index (χ2n) is 6.05. The second-order valence-corrected chi connectivity index (χ2v) is 6.05. The number of ether oxygens (including phenoxy) is 2. The van der Waals surface area contributed by atoms with Crippen LogP contribution in [0.1, 0.15) is 31.0 Å². The number of aromatic nitrogens is 3. The molecule has 4 rings (SSSR count). The molecule has 114 valence electrons. The van der Waals surface area contributed by atoms with Gasteiger partial charge in [-0.05, 0) is 19.3 Å². The minimum absolute atomic E-state index is 0.0386. The minimum Gasteiger partial charge on any atom is -0.381 e. The Morgan fingerprint density at radius 1 is 1.29 bits per heavy atom. The van der Waals surface area contributed by atoms with Crippen LogP contribution < -0.4 is 0 Å². The zero-order valence-electron chi connectivity index (χ0n) is 12.0. The molecule has 1 aromatic rings. The van der Waals surface area contributed by atoms with Crippen molar-refractivity contribution in [1.29, 1.82) is 0 Å². The van der Waals surface area contributed by atoms with Gasteiger partial charge in [0, 0.05) is 32.2 Å². The topological polar surface area (TPSA) is 69.5 Å². The first kappa shape index (κ1) is 13.2. The number of amides is 1. The average Bonchev–Trinajstić information content (AvgIpc) is 3.03. The molecule has 0 spiro atoms. The fourth-order valence-electron chi connectivity index (χ4n) is 3.59. The highest BCUT2D eigenvalue weighted by molar-refractivity contribution is 5.79. The van der Waals surface area contributed by atoms with E-state index in [1.165, 1.54) is 0 Å². The van der Waals surface area contributed by atoms with Crippen LogP contribution in [0.2, 0.25) is 0 Å². The average molecular weight is 292 g/mol. The summed E-state index contributed by atoms with van der Waals surface area (Å²) in [6.07, 6.45) is 4.37. The van der Waals surface area contributed by atoms with Crippen molar-refractivity contribution >= 4 is 5.91 Å². The lowest BCUT2D eigenvalue weighted by Crippen LogP contribution is -2.52. The van der Waals surface area contributed by atoms with Gasteiger partial charge in [-0.3, -0.25) is 4.79 Å². The van der Waals surface area contributed by atoms with Gasteiger partial charge in [-0.2, -0.15) is 0 Å². The zero-order chi connectivity index (χ0) is 14.2. The van der Waals surface area contributed by atoms with E-state index in [0.717, 1.165) is 31.5 Å². The van der Waals surface area contributed by atoms with Gasteiger partial charge in [-0.1, -0.05) is 5.21 Å². The van der Waals surface area contributed by atoms with E-state index in [2.05, 4.69) is 10.3 Å². The molecule has 0 aliphatic carbocycles. The summed E-state index contributed by atoms with van der Waals surface area (Å²) in [5.41, 5.74) is 1.03. The number of carbonyl (C=O) groups is 1. The van der Waals surface area contributed by atoms with E-state index in [0.29, 0.717) is 26.4 Å². The summed E-state index contributed by atoms with van der Waals surface area (Å²) in [6.45, 7) is 3.39. The van der Waals surface area contributed by atoms with Crippen LogP contribution in [0, 0.1) is 5.92 Å². The van der Waals surface area contributed by atoms with Crippen molar-refractivity contribution in [3.05, 3.63) is 11.9 Å². The van der Waals surface area contributed by atoms with E-state index < -0.39 is 0 Å². The van der Waals surface area contributed by atoms with Crippen molar-refractivity contribution in [3.8, 4) is 0 Å². The molecular weight excluding hydrogens is 272 g/mol. The molecule has 0 aromatic carbocycles. The van der Waals surface area contributed by atoms with Gasteiger partial charge in [-0.25, -0.2) is 4.68 Å². The molecule has 2 saturated heterocycles. The highest BCUT2D eigenvalue weighted by Gasteiger charge is 2.39. The number of nitrogens with zero attached hydrogens (tertiary/aromatic N) is 4. The van der Waals surface area contributed by atoms with E-state index in [4.69, 9.17) is 9.47 Å². The van der Waals surface area contributed by atoms with Gasteiger partial charge in [-0.15, -0.1) is 5.10 Å². The molecule has 1 amide bonds. The highest BCUT2D eigenvalue weighted by atomic mass is 16.5. The first-order valence-electron chi connectivity index (χ1n) is 7.70. The lowest BCUT2D eigenvalue weighted by Gasteiger charge is -2.42. The molecule has 2 atom stereocenters. The molecule has 7 heteroatoms. The van der Waals surface area contributed by atoms with Gasteiger partial charge in [0.2, 0.25) is 5.91 Å². The largest absolute Gasteiger partial charge is 0.381 e. The molecular formula is C14H20N4O3. The molecule has 0 unspecified atom stereocenters. The third-order valence-electron chi connectivity index (χ3n) is 4.81. The number of hydrogen-bond acceptors (Lipinski definition) is 5. The van der Waals surface area contributed by atoms with Gasteiger partial charge in [0.1, 0.15) is 0 Å². The predicted octanol–water partition coefficient (Wildman–Crippen LogP) is 0.377. The molecule has 0 bridgehead atoms. The lowest BCUT2D eigenvalue weighted by molar-refractivity contribution is -0.146. The van der Waals surface area contributed by atoms with Crippen LogP contribution in [0.3, 0.4) is 0 Å². The van der Waals surface area contributed by atoms with Crippen molar-refractivity contribution < 1.29 is 14.3 Å². The molecule has 3 aliphatic heterocycles. The maximum absolute atomic E-state index is 12.6. The molecule has 21 heavy (non-hydrogen) atoms. The summed E-state index contributed by atoms with van der Waals surface area (Å²) in [5.74, 6) is 0.394. The normalized spacial score (nSPS) is 29.8. The SMILES string of the molecule is O=C(C1CCOCC1)N1CC[C@@H]2[C@@H](C1)OCc1cnnn12. The Labute approximate surface area is 123 Å². The van der Waals surface area contributed by atoms with Crippen LogP contribution in [-0.4, -0.2) is 58.2 Å². The molecule has 3 aliphatic rings. The lowest BCUT2D eigenvalue weighted by atomic mass is 9.95. The standard InChI is InChI=1S/C14H20N4O3/c19-14(10-2-5-20-6-3-10)17-4-1-12-13(8-17)21-9-11-7-15-16-18(11)12/h7,10,12-13H,1-6,8-9H2/t12-,13-/m1/s1. The Hall–Kier alpha value is -1.47. The minimum atomic E-state index is 0.0386. The van der Waals surface area contributed by atoms with Crippen LogP contribution >= 0.6 is 0 Å². The van der Waals surface area contributed by atoms with E-state index >= 15 is 0 Å². The van der Waals surface area contributed by atoms with Crippen LogP contribution in [-0.2, 0) is 20.9 Å². The van der Waals surface area contributed by atoms with Crippen molar-refractivity contribution in [2.45, 2.75) is 38.0 Å². The molecule has 1 aromatic heterocycles. The molecule has 0 saturated carbocycles. The zero-order valence-corrected chi connectivity index (χ0v) is 12.0. The number of hydrogen-bond donors (Lipinski definition) is 0. The first-order chi connectivity index (χ1) is 10.3. The Balaban J connectivity index is 1.44. The van der Waals surface area contributed by atoms with Crippen molar-refractivity contribution in [2.24, 2.45) is 5.92 Å². The van der Waals surface area contributed by atoms with Crippen molar-refractivity contribution in [2.75, 3.05) is 26.3 Å². The third-order valence-corrected chi connectivity index (χ3v) is 4.81. The molecule has 0 radical (unpaired) electrons. The van der Waals surface area contributed by atoms with Gasteiger partial charge < -0.3 is 14.4 Å². The summed E-state index contributed by atoms with van der Waals surface area (Å²) in [6, 6.07) is 0.218. The number of carbonyl (C=O) groups excluding carboxylic acids is 1. The van der Waals surface area contributed by atoms with E-state index in [9.17, 15) is 4.79 Å². The first-order valence-corrected chi connectivity index (χ1v) is 7.70. The smallest absolute Gasteiger partial charge is 0.225 e. The number of piperidine rings is 1. The van der Waals surface area contributed by atoms with Gasteiger partial charge in [0.15, 0.2) is 0 Å². The number of rotatable bonds is 1. The second kappa shape index (κ2) is 5.38. The summed E-state index contributed by atoms with van der Waals surface area (Å²) in [4.78, 5) is 14.6. The van der Waals surface area contributed by atoms with Crippen LogP contribution in [0.25, 0.3) is 0 Å². The Bertz CT molecular complexity index is 526. The quantitative estimate of drug-likeness (QED) is 0.748. The molecule has 0 N–H and O–H groups in total. The van der Waals surface area contributed by atoms with Gasteiger partial charge in [0.25, 0.3) is 0 Å². The summed E-state index contributed by atoms with van der Waals surface area (Å²) < 4.78 is 13.2. The van der Waals surface area contributed by atoms with Gasteiger partial charge >= 0.3 is 0 Å². The van der Waals surface area contributed by atoms with E-state index in [1.807, 2.05) is 9.58 Å². The Kier molecular flexibility index (Phi) is 3.39. The fourth-order valence-corrected chi connectivity index (χ4v) is 3.59. The maximum Gasteiger partial charge on any atom is 0.225 e. The fraction of sp³-hybridized carbons (Fsp3) is 0.786. The summed E-state index contributed by atoms with van der Waals surface area (Å²) >= 11 is 0. The third kappa shape index (κ3) is 2.34. The van der Waals surface area contributed by atoms with E-state index in [-0.39, 0.29) is 24.0 Å². The predicted molar refractivity (Wildman–Crippen MR) is 72.4 cm³/mol. The van der Waals surface area contributed by atoms with Crippen LogP contribution in [0.15, 0.2) is 6.20 Å². The Morgan fingerprint density at radius 3 is 3.00 bits per heavy atom. The van der Waals surface area contributed by atoms with Crippen molar-refractivity contribution in [1.82, 2.24) is 19.9 Å². The van der Waals surface area contributed by atoms with E-state index in [1.54, 1.807) is 6.20 Å². The number of likely N-dealkylation sites (tertiary alicyclic amines) is 1. The van der Waals surface area contributed by atoms with Crippen LogP contribution in [0.5, 0.6) is 0 Å². The van der Waals surface area contributed by atoms with Crippen molar-refractivity contribution in [3.63, 3.8) is 0 Å². The Morgan fingerprint density at radius 2 is 2.14 bits per heavy atom. The molecule has 2 fully saturated rings. The molecule has 7 nitrogen and oxygen atoms in total. The van der Waals surface area contributed by atoms with Crippen LogP contribution in [0.4, 0.5) is 0 Å². The summed E-state index contributed by atoms with van der Waals surface area (Å²) in [5, 5.41) is 8.13. The highest BCUT2D eigenvalue weighted by Crippen LogP contribution is 2.31. The monoisotopic (exact) mass is 292 g/mol. The van der Waals surface area contributed by atoms with Gasteiger partial charge in [0.05, 0.1) is 30.6 Å². The molecule has 4 heterocycles. The summed E-state index contributed by atoms with van der Waals surface area (Å²) in [7, 11) is 0. The maximum atomic E-state index is 12.6.